The number of methoxy groups -OCH3 is 2. The predicted octanol–water partition coefficient (Wildman–Crippen LogP) is 2.74. The van der Waals surface area contributed by atoms with Crippen LogP contribution in [0.25, 0.3) is 0 Å². The second-order valence-corrected chi connectivity index (χ2v) is 7.69. The van der Waals surface area contributed by atoms with E-state index in [2.05, 4.69) is 20.8 Å². The second kappa shape index (κ2) is 7.96. The summed E-state index contributed by atoms with van der Waals surface area (Å²) in [6.07, 6.45) is 0. The maximum Gasteiger partial charge on any atom is 0.127 e. The fraction of sp³-hybridized carbons (Fsp3) is 0.400. The smallest absolute Gasteiger partial charge is 0.127 e. The summed E-state index contributed by atoms with van der Waals surface area (Å²) < 4.78 is 11.8. The van der Waals surface area contributed by atoms with Crippen LogP contribution in [0.3, 0.4) is 0 Å². The van der Waals surface area contributed by atoms with Crippen molar-refractivity contribution < 1.29 is 14.6 Å². The van der Waals surface area contributed by atoms with Gasteiger partial charge in [-0.3, -0.25) is 4.90 Å². The third-order valence-corrected chi connectivity index (χ3v) is 5.66. The topological polar surface area (TPSA) is 68.0 Å². The third-order valence-electron chi connectivity index (χ3n) is 5.16. The number of ether oxygens (including phenoxy) is 2. The molecular formula is C20H25BrN2O3. The lowest BCUT2D eigenvalue weighted by Crippen LogP contribution is -2.45. The third kappa shape index (κ3) is 3.74. The van der Waals surface area contributed by atoms with Gasteiger partial charge in [0.15, 0.2) is 0 Å². The summed E-state index contributed by atoms with van der Waals surface area (Å²) in [5, 5.41) is 9.93. The highest BCUT2D eigenvalue weighted by molar-refractivity contribution is 9.10. The van der Waals surface area contributed by atoms with Gasteiger partial charge in [-0.2, -0.15) is 0 Å². The van der Waals surface area contributed by atoms with Gasteiger partial charge < -0.3 is 20.3 Å². The summed E-state index contributed by atoms with van der Waals surface area (Å²) in [6, 6.07) is 13.9. The molecular weight excluding hydrogens is 396 g/mol. The van der Waals surface area contributed by atoms with E-state index in [-0.39, 0.29) is 12.5 Å². The molecule has 6 heteroatoms. The summed E-state index contributed by atoms with van der Waals surface area (Å²) in [4.78, 5) is 2.27. The van der Waals surface area contributed by atoms with Gasteiger partial charge in [-0.1, -0.05) is 34.1 Å². The van der Waals surface area contributed by atoms with Crippen molar-refractivity contribution in [2.45, 2.75) is 12.1 Å². The van der Waals surface area contributed by atoms with E-state index in [1.54, 1.807) is 14.2 Å². The maximum atomic E-state index is 9.93. The molecule has 0 bridgehead atoms. The molecule has 1 saturated heterocycles. The highest BCUT2D eigenvalue weighted by Crippen LogP contribution is 2.37. The Morgan fingerprint density at radius 1 is 1.23 bits per heavy atom. The van der Waals surface area contributed by atoms with E-state index in [1.165, 1.54) is 0 Å². The highest BCUT2D eigenvalue weighted by atomic mass is 79.9. The fourth-order valence-corrected chi connectivity index (χ4v) is 4.11. The molecule has 0 radical (unpaired) electrons. The van der Waals surface area contributed by atoms with Crippen molar-refractivity contribution in [2.24, 2.45) is 11.7 Å². The van der Waals surface area contributed by atoms with Gasteiger partial charge in [-0.05, 0) is 23.8 Å². The van der Waals surface area contributed by atoms with Crippen LogP contribution in [0.4, 0.5) is 0 Å². The number of benzene rings is 2. The van der Waals surface area contributed by atoms with Crippen LogP contribution in [0.5, 0.6) is 11.5 Å². The number of aliphatic hydroxyl groups is 1. The van der Waals surface area contributed by atoms with E-state index < -0.39 is 5.54 Å². The van der Waals surface area contributed by atoms with E-state index in [4.69, 9.17) is 15.2 Å². The van der Waals surface area contributed by atoms with Gasteiger partial charge in [-0.25, -0.2) is 0 Å². The molecule has 26 heavy (non-hydrogen) atoms. The number of aliphatic hydroxyl groups excluding tert-OH is 1. The molecule has 0 aliphatic carbocycles. The van der Waals surface area contributed by atoms with E-state index in [0.29, 0.717) is 13.1 Å². The highest BCUT2D eigenvalue weighted by Gasteiger charge is 2.44. The number of nitrogens with zero attached hydrogens (tertiary/aromatic N) is 1. The molecule has 0 aromatic heterocycles. The van der Waals surface area contributed by atoms with Crippen molar-refractivity contribution in [1.29, 1.82) is 0 Å². The number of rotatable bonds is 6. The molecule has 140 valence electrons. The summed E-state index contributed by atoms with van der Waals surface area (Å²) in [5.41, 5.74) is 8.32. The van der Waals surface area contributed by atoms with E-state index >= 15 is 0 Å². The minimum atomic E-state index is -0.585. The van der Waals surface area contributed by atoms with Gasteiger partial charge in [0.1, 0.15) is 11.5 Å². The zero-order valence-electron chi connectivity index (χ0n) is 15.1. The Labute approximate surface area is 162 Å². The molecule has 1 aliphatic rings. The van der Waals surface area contributed by atoms with Crippen molar-refractivity contribution >= 4 is 15.9 Å². The van der Waals surface area contributed by atoms with Gasteiger partial charge in [0.05, 0.1) is 19.8 Å². The number of hydrogen-bond acceptors (Lipinski definition) is 5. The fourth-order valence-electron chi connectivity index (χ4n) is 3.71. The number of hydrogen-bond donors (Lipinski definition) is 2. The molecule has 2 aromatic carbocycles. The Balaban J connectivity index is 1.83. The van der Waals surface area contributed by atoms with E-state index in [1.807, 2.05) is 42.5 Å². The Morgan fingerprint density at radius 3 is 2.69 bits per heavy atom. The quantitative estimate of drug-likeness (QED) is 0.751. The Hall–Kier alpha value is -1.60. The Morgan fingerprint density at radius 2 is 2.04 bits per heavy atom. The first kappa shape index (κ1) is 19.2. The maximum absolute atomic E-state index is 9.93. The van der Waals surface area contributed by atoms with Gasteiger partial charge in [-0.15, -0.1) is 0 Å². The molecule has 0 amide bonds. The molecule has 1 fully saturated rings. The molecule has 2 atom stereocenters. The zero-order chi connectivity index (χ0) is 18.7. The van der Waals surface area contributed by atoms with E-state index in [9.17, 15) is 5.11 Å². The Bertz CT molecular complexity index is 770. The minimum Gasteiger partial charge on any atom is -0.497 e. The lowest BCUT2D eigenvalue weighted by Gasteiger charge is -2.30. The minimum absolute atomic E-state index is 0.0268. The zero-order valence-corrected chi connectivity index (χ0v) is 16.7. The first-order valence-electron chi connectivity index (χ1n) is 8.59. The average Bonchev–Trinajstić information content (AvgIpc) is 2.98. The summed E-state index contributed by atoms with van der Waals surface area (Å²) in [7, 11) is 3.30. The summed E-state index contributed by atoms with van der Waals surface area (Å²) in [6.45, 7) is 2.16. The van der Waals surface area contributed by atoms with Crippen molar-refractivity contribution in [2.75, 3.05) is 33.9 Å². The molecule has 0 unspecified atom stereocenters. The Kier molecular flexibility index (Phi) is 5.87. The van der Waals surface area contributed by atoms with Gasteiger partial charge in [0.25, 0.3) is 0 Å². The van der Waals surface area contributed by atoms with Crippen LogP contribution in [0.1, 0.15) is 11.1 Å². The van der Waals surface area contributed by atoms with Crippen LogP contribution in [-0.2, 0) is 12.1 Å². The number of nitrogens with two attached hydrogens (primary N) is 1. The summed E-state index contributed by atoms with van der Waals surface area (Å²) in [5.74, 6) is 1.53. The van der Waals surface area contributed by atoms with E-state index in [0.717, 1.165) is 33.6 Å². The SMILES string of the molecule is COc1ccc(CN2C[C@H](CO)[C@@](N)(c3cccc(Br)c3)C2)c(OC)c1. The second-order valence-electron chi connectivity index (χ2n) is 6.78. The van der Waals surface area contributed by atoms with Gasteiger partial charge in [0.2, 0.25) is 0 Å². The normalized spacial score (nSPS) is 23.2. The standard InChI is InChI=1S/C20H25BrN2O3/c1-25-18-7-6-14(19(9-18)26-2)10-23-11-16(12-24)20(22,13-23)15-4-3-5-17(21)8-15/h3-9,16,24H,10-13,22H2,1-2H3/t16-,20+/m1/s1. The molecule has 3 N–H and O–H groups in total. The molecule has 1 aliphatic heterocycles. The first-order valence-corrected chi connectivity index (χ1v) is 9.38. The molecule has 2 aromatic rings. The van der Waals surface area contributed by atoms with Gasteiger partial charge >= 0.3 is 0 Å². The van der Waals surface area contributed by atoms with Crippen molar-refractivity contribution in [1.82, 2.24) is 4.90 Å². The lowest BCUT2D eigenvalue weighted by atomic mass is 9.82. The van der Waals surface area contributed by atoms with Crippen molar-refractivity contribution in [3.05, 3.63) is 58.1 Å². The van der Waals surface area contributed by atoms with Crippen molar-refractivity contribution in [3.63, 3.8) is 0 Å². The van der Waals surface area contributed by atoms with Crippen LogP contribution >= 0.6 is 15.9 Å². The number of likely N-dealkylation sites (tertiary alicyclic amines) is 1. The van der Waals surface area contributed by atoms with Crippen molar-refractivity contribution in [3.8, 4) is 11.5 Å². The molecule has 0 spiro atoms. The average molecular weight is 421 g/mol. The van der Waals surface area contributed by atoms with Crippen LogP contribution in [0, 0.1) is 5.92 Å². The summed E-state index contributed by atoms with van der Waals surface area (Å²) >= 11 is 3.52. The first-order chi connectivity index (χ1) is 12.5. The molecule has 3 rings (SSSR count). The molecule has 0 saturated carbocycles. The lowest BCUT2D eigenvalue weighted by molar-refractivity contribution is 0.185. The molecule has 1 heterocycles. The van der Waals surface area contributed by atoms with Crippen LogP contribution in [0.2, 0.25) is 0 Å². The number of halogens is 1. The van der Waals surface area contributed by atoms with Crippen LogP contribution < -0.4 is 15.2 Å². The monoisotopic (exact) mass is 420 g/mol. The van der Waals surface area contributed by atoms with Crippen LogP contribution in [0.15, 0.2) is 46.9 Å². The largest absolute Gasteiger partial charge is 0.497 e. The van der Waals surface area contributed by atoms with Gasteiger partial charge in [0, 0.05) is 48.3 Å². The molecule has 5 nitrogen and oxygen atoms in total. The van der Waals surface area contributed by atoms with Crippen LogP contribution in [-0.4, -0.2) is 43.9 Å². The predicted molar refractivity (Wildman–Crippen MR) is 105 cm³/mol.